The van der Waals surface area contributed by atoms with Crippen LogP contribution in [0.1, 0.15) is 17.2 Å². The molecule has 0 aromatic heterocycles. The van der Waals surface area contributed by atoms with Crippen molar-refractivity contribution in [1.29, 1.82) is 0 Å². The summed E-state index contributed by atoms with van der Waals surface area (Å²) >= 11 is 11.9. The van der Waals surface area contributed by atoms with Crippen molar-refractivity contribution in [2.45, 2.75) is 6.10 Å². The zero-order chi connectivity index (χ0) is 15.0. The van der Waals surface area contributed by atoms with Crippen molar-refractivity contribution in [3.8, 4) is 0 Å². The van der Waals surface area contributed by atoms with Gasteiger partial charge in [0.05, 0.1) is 5.02 Å². The van der Waals surface area contributed by atoms with Gasteiger partial charge in [-0.15, -0.1) is 0 Å². The Labute approximate surface area is 150 Å². The lowest BCUT2D eigenvalue weighted by Crippen LogP contribution is -2.01. The highest BCUT2D eigenvalue weighted by atomic mass is 127. The van der Waals surface area contributed by atoms with Crippen LogP contribution in [0.15, 0.2) is 59.1 Å². The van der Waals surface area contributed by atoms with Crippen LogP contribution in [-0.2, 0) is 0 Å². The number of aliphatic hydroxyl groups is 1. The fourth-order valence-corrected chi connectivity index (χ4v) is 3.39. The molecule has 0 heterocycles. The van der Waals surface area contributed by atoms with Crippen molar-refractivity contribution in [1.82, 2.24) is 0 Å². The van der Waals surface area contributed by atoms with Gasteiger partial charge in [0.15, 0.2) is 0 Å². The zero-order valence-corrected chi connectivity index (χ0v) is 15.4. The highest BCUT2D eigenvalue weighted by Gasteiger charge is 2.15. The first-order valence-corrected chi connectivity index (χ1v) is 8.63. The molecule has 0 amide bonds. The first kappa shape index (κ1) is 15.3. The van der Waals surface area contributed by atoms with E-state index >= 15 is 0 Å². The molecule has 0 spiro atoms. The molecule has 0 saturated carbocycles. The molecule has 3 rings (SSSR count). The highest BCUT2D eigenvalue weighted by Crippen LogP contribution is 2.34. The van der Waals surface area contributed by atoms with E-state index in [1.165, 1.54) is 0 Å². The van der Waals surface area contributed by atoms with Crippen LogP contribution < -0.4 is 0 Å². The van der Waals surface area contributed by atoms with Crippen molar-refractivity contribution in [2.24, 2.45) is 0 Å². The summed E-state index contributed by atoms with van der Waals surface area (Å²) in [5.41, 5.74) is 1.68. The average molecular weight is 474 g/mol. The van der Waals surface area contributed by atoms with Gasteiger partial charge in [-0.25, -0.2) is 0 Å². The summed E-state index contributed by atoms with van der Waals surface area (Å²) in [4.78, 5) is 0. The Balaban J connectivity index is 2.15. The molecule has 0 aliphatic carbocycles. The van der Waals surface area contributed by atoms with E-state index < -0.39 is 6.10 Å². The first-order chi connectivity index (χ1) is 10.1. The lowest BCUT2D eigenvalue weighted by Gasteiger charge is -2.15. The van der Waals surface area contributed by atoms with Gasteiger partial charge >= 0.3 is 0 Å². The van der Waals surface area contributed by atoms with Crippen LogP contribution in [0.4, 0.5) is 0 Å². The van der Waals surface area contributed by atoms with E-state index in [1.807, 2.05) is 54.6 Å². The molecule has 1 N–H and O–H groups in total. The molecule has 0 aliphatic rings. The van der Waals surface area contributed by atoms with Crippen molar-refractivity contribution in [3.63, 3.8) is 0 Å². The summed E-state index contributed by atoms with van der Waals surface area (Å²) < 4.78 is 2.00. The topological polar surface area (TPSA) is 20.2 Å². The minimum atomic E-state index is -0.697. The summed E-state index contributed by atoms with van der Waals surface area (Å²) in [7, 11) is 0. The number of aliphatic hydroxyl groups excluding tert-OH is 1. The van der Waals surface area contributed by atoms with Gasteiger partial charge in [0.25, 0.3) is 0 Å². The molecule has 0 aliphatic heterocycles. The third kappa shape index (κ3) is 2.97. The molecule has 1 atom stereocenters. The molecule has 0 bridgehead atoms. The lowest BCUT2D eigenvalue weighted by atomic mass is 9.96. The smallest absolute Gasteiger partial charge is 0.105 e. The van der Waals surface area contributed by atoms with Gasteiger partial charge in [-0.3, -0.25) is 0 Å². The maximum absolute atomic E-state index is 10.7. The number of halogens is 3. The lowest BCUT2D eigenvalue weighted by molar-refractivity contribution is 0.222. The molecule has 1 unspecified atom stereocenters. The summed E-state index contributed by atoms with van der Waals surface area (Å²) in [6.07, 6.45) is -0.697. The molecular weight excluding hydrogens is 462 g/mol. The molecular formula is C17H11BrClIO. The maximum atomic E-state index is 10.7. The summed E-state index contributed by atoms with van der Waals surface area (Å²) in [5.74, 6) is 0. The second kappa shape index (κ2) is 6.24. The molecule has 21 heavy (non-hydrogen) atoms. The highest BCUT2D eigenvalue weighted by molar-refractivity contribution is 14.1. The van der Waals surface area contributed by atoms with E-state index in [-0.39, 0.29) is 0 Å². The van der Waals surface area contributed by atoms with Gasteiger partial charge in [0.2, 0.25) is 0 Å². The minimum Gasteiger partial charge on any atom is -0.384 e. The monoisotopic (exact) mass is 472 g/mol. The number of hydrogen-bond acceptors (Lipinski definition) is 1. The number of benzene rings is 3. The molecule has 0 saturated heterocycles. The van der Waals surface area contributed by atoms with Crippen LogP contribution in [0.5, 0.6) is 0 Å². The van der Waals surface area contributed by atoms with Crippen molar-refractivity contribution in [3.05, 3.63) is 78.8 Å². The average Bonchev–Trinajstić information content (AvgIpc) is 2.50. The van der Waals surface area contributed by atoms with E-state index in [9.17, 15) is 5.11 Å². The Hall–Kier alpha value is -0.620. The van der Waals surface area contributed by atoms with Gasteiger partial charge < -0.3 is 5.11 Å². The first-order valence-electron chi connectivity index (χ1n) is 6.38. The second-order valence-electron chi connectivity index (χ2n) is 4.76. The van der Waals surface area contributed by atoms with Gasteiger partial charge in [0.1, 0.15) is 6.10 Å². The summed E-state index contributed by atoms with van der Waals surface area (Å²) in [6, 6.07) is 17.6. The van der Waals surface area contributed by atoms with Crippen LogP contribution in [-0.4, -0.2) is 5.11 Å². The third-order valence-corrected chi connectivity index (χ3v) is 5.72. The van der Waals surface area contributed by atoms with Gasteiger partial charge in [0, 0.05) is 8.04 Å². The Morgan fingerprint density at radius 1 is 1.00 bits per heavy atom. The molecule has 106 valence electrons. The summed E-state index contributed by atoms with van der Waals surface area (Å²) in [5, 5.41) is 13.5. The second-order valence-corrected chi connectivity index (χ2v) is 7.18. The standard InChI is InChI=1S/C17H11BrClIO/c18-14-7-6-13(11-3-1-2-4-12(11)14)17(21)10-5-8-16(20)15(19)9-10/h1-9,17,21H. The van der Waals surface area contributed by atoms with Crippen LogP contribution in [0.2, 0.25) is 5.02 Å². The van der Waals surface area contributed by atoms with E-state index in [0.29, 0.717) is 5.02 Å². The normalized spacial score (nSPS) is 12.6. The van der Waals surface area contributed by atoms with Crippen molar-refractivity contribution >= 4 is 60.9 Å². The zero-order valence-electron chi connectivity index (χ0n) is 10.9. The molecule has 4 heteroatoms. The van der Waals surface area contributed by atoms with Gasteiger partial charge in [-0.1, -0.05) is 63.9 Å². The van der Waals surface area contributed by atoms with Crippen LogP contribution >= 0.6 is 50.1 Å². The van der Waals surface area contributed by atoms with E-state index in [4.69, 9.17) is 11.6 Å². The van der Waals surface area contributed by atoms with Gasteiger partial charge in [-0.2, -0.15) is 0 Å². The third-order valence-electron chi connectivity index (χ3n) is 3.46. The Bertz CT molecular complexity index is 819. The number of rotatable bonds is 2. The van der Waals surface area contributed by atoms with Crippen LogP contribution in [0, 0.1) is 3.57 Å². The molecule has 3 aromatic rings. The fourth-order valence-electron chi connectivity index (χ4n) is 2.39. The molecule has 0 fully saturated rings. The SMILES string of the molecule is OC(c1ccc(I)c(Cl)c1)c1ccc(Br)c2ccccc12. The maximum Gasteiger partial charge on any atom is 0.105 e. The number of fused-ring (bicyclic) bond motifs is 1. The Morgan fingerprint density at radius 2 is 1.71 bits per heavy atom. The van der Waals surface area contributed by atoms with E-state index in [0.717, 1.165) is 29.9 Å². The Kier molecular flexibility index (Phi) is 4.54. The summed E-state index contributed by atoms with van der Waals surface area (Å²) in [6.45, 7) is 0. The number of hydrogen-bond donors (Lipinski definition) is 1. The molecule has 0 radical (unpaired) electrons. The largest absolute Gasteiger partial charge is 0.384 e. The predicted octanol–water partition coefficient (Wildman–Crippen LogP) is 5.94. The quantitative estimate of drug-likeness (QED) is 0.457. The van der Waals surface area contributed by atoms with Crippen LogP contribution in [0.25, 0.3) is 10.8 Å². The Morgan fingerprint density at radius 3 is 2.43 bits per heavy atom. The van der Waals surface area contributed by atoms with Crippen molar-refractivity contribution in [2.75, 3.05) is 0 Å². The van der Waals surface area contributed by atoms with Gasteiger partial charge in [-0.05, 0) is 62.7 Å². The fraction of sp³-hybridized carbons (Fsp3) is 0.0588. The minimum absolute atomic E-state index is 0.661. The molecule has 1 nitrogen and oxygen atoms in total. The van der Waals surface area contributed by atoms with Crippen LogP contribution in [0.3, 0.4) is 0 Å². The predicted molar refractivity (Wildman–Crippen MR) is 99.9 cm³/mol. The van der Waals surface area contributed by atoms with E-state index in [2.05, 4.69) is 38.5 Å². The van der Waals surface area contributed by atoms with Crippen molar-refractivity contribution < 1.29 is 5.11 Å². The molecule has 3 aromatic carbocycles. The van der Waals surface area contributed by atoms with E-state index in [1.54, 1.807) is 0 Å².